The highest BCUT2D eigenvalue weighted by molar-refractivity contribution is 7.18. The smallest absolute Gasteiger partial charge is 0.246 e. The van der Waals surface area contributed by atoms with E-state index in [-0.39, 0.29) is 11.9 Å². The van der Waals surface area contributed by atoms with E-state index in [0.717, 1.165) is 27.2 Å². The Balaban J connectivity index is 1.54. The predicted molar refractivity (Wildman–Crippen MR) is 121 cm³/mol. The van der Waals surface area contributed by atoms with Crippen molar-refractivity contribution >= 4 is 44.3 Å². The summed E-state index contributed by atoms with van der Waals surface area (Å²) >= 11 is 1.66. The van der Waals surface area contributed by atoms with E-state index in [4.69, 9.17) is 10.8 Å². The fourth-order valence-electron chi connectivity index (χ4n) is 3.86. The zero-order valence-corrected chi connectivity index (χ0v) is 17.7. The number of anilines is 1. The minimum absolute atomic E-state index is 0.00872. The van der Waals surface area contributed by atoms with Gasteiger partial charge in [-0.2, -0.15) is 5.10 Å². The number of likely N-dealkylation sites (tertiary alicyclic amines) is 1. The van der Waals surface area contributed by atoms with Crippen molar-refractivity contribution < 1.29 is 4.79 Å². The van der Waals surface area contributed by atoms with Gasteiger partial charge in [0.2, 0.25) is 5.91 Å². The lowest BCUT2D eigenvalue weighted by Crippen LogP contribution is -2.27. The van der Waals surface area contributed by atoms with Gasteiger partial charge in [0.15, 0.2) is 5.65 Å². The third kappa shape index (κ3) is 3.41. The van der Waals surface area contributed by atoms with E-state index in [2.05, 4.69) is 33.4 Å². The van der Waals surface area contributed by atoms with Gasteiger partial charge in [-0.15, -0.1) is 11.3 Å². The molecule has 1 amide bonds. The number of hydrogen-bond donors (Lipinski definition) is 1. The van der Waals surface area contributed by atoms with E-state index in [0.29, 0.717) is 35.6 Å². The Hall–Kier alpha value is -3.77. The summed E-state index contributed by atoms with van der Waals surface area (Å²) in [6.07, 6.45) is 3.53. The lowest BCUT2D eigenvalue weighted by atomic mass is 10.2. The average molecular weight is 430 g/mol. The van der Waals surface area contributed by atoms with Crippen molar-refractivity contribution in [1.29, 1.82) is 0 Å². The van der Waals surface area contributed by atoms with Gasteiger partial charge >= 0.3 is 0 Å². The summed E-state index contributed by atoms with van der Waals surface area (Å²) in [4.78, 5) is 26.8. The van der Waals surface area contributed by atoms with Gasteiger partial charge in [0, 0.05) is 18.7 Å². The van der Waals surface area contributed by atoms with E-state index >= 15 is 0 Å². The summed E-state index contributed by atoms with van der Waals surface area (Å²) in [5, 5.41) is 6.37. The molecule has 2 N–H and O–H groups in total. The van der Waals surface area contributed by atoms with Gasteiger partial charge < -0.3 is 10.6 Å². The number of amides is 1. The summed E-state index contributed by atoms with van der Waals surface area (Å²) in [6, 6.07) is 5.97. The third-order valence-corrected chi connectivity index (χ3v) is 6.29. The zero-order chi connectivity index (χ0) is 21.5. The molecule has 9 heteroatoms. The van der Waals surface area contributed by atoms with Crippen LogP contribution in [0.15, 0.2) is 37.2 Å². The van der Waals surface area contributed by atoms with Gasteiger partial charge in [-0.25, -0.2) is 19.6 Å². The Bertz CT molecular complexity index is 1410. The molecule has 3 aromatic heterocycles. The fraction of sp³-hybridized carbons (Fsp3) is 0.227. The number of fused-ring (bicyclic) bond motifs is 2. The summed E-state index contributed by atoms with van der Waals surface area (Å²) in [6.45, 7) is 6.74. The second-order valence-corrected chi connectivity index (χ2v) is 8.58. The molecule has 1 aliphatic rings. The number of hydrogen-bond acceptors (Lipinski definition) is 7. The highest BCUT2D eigenvalue weighted by atomic mass is 32.1. The molecule has 8 nitrogen and oxygen atoms in total. The van der Waals surface area contributed by atoms with E-state index in [1.54, 1.807) is 16.2 Å². The van der Waals surface area contributed by atoms with Crippen molar-refractivity contribution in [3.05, 3.63) is 53.4 Å². The van der Waals surface area contributed by atoms with Crippen LogP contribution in [-0.2, 0) is 4.79 Å². The number of carbonyl (C=O) groups is 1. The van der Waals surface area contributed by atoms with E-state index in [1.807, 2.05) is 29.8 Å². The van der Waals surface area contributed by atoms with Gasteiger partial charge in [0.25, 0.3) is 0 Å². The summed E-state index contributed by atoms with van der Waals surface area (Å²) < 4.78 is 2.95. The SMILES string of the molecule is C=CC(=O)N1CCC(n2nc(C#Cc3ccc4sc(C)nc4c3)c3c(N)ncnc32)C1. The number of carbonyl (C=O) groups excluding carboxylic acids is 1. The normalized spacial score (nSPS) is 15.9. The molecule has 1 fully saturated rings. The summed E-state index contributed by atoms with van der Waals surface area (Å²) in [7, 11) is 0. The Morgan fingerprint density at radius 1 is 1.35 bits per heavy atom. The molecule has 0 saturated carbocycles. The lowest BCUT2D eigenvalue weighted by Gasteiger charge is -2.14. The molecule has 0 spiro atoms. The number of thiazole rings is 1. The van der Waals surface area contributed by atoms with Crippen LogP contribution in [0.25, 0.3) is 21.3 Å². The van der Waals surface area contributed by atoms with Crippen molar-refractivity contribution in [3.8, 4) is 11.8 Å². The molecular weight excluding hydrogens is 410 g/mol. The molecule has 5 rings (SSSR count). The molecule has 1 atom stereocenters. The van der Waals surface area contributed by atoms with Crippen molar-refractivity contribution in [2.75, 3.05) is 18.8 Å². The van der Waals surface area contributed by atoms with E-state index < -0.39 is 0 Å². The predicted octanol–water partition coefficient (Wildman–Crippen LogP) is 2.69. The van der Waals surface area contributed by atoms with Crippen LogP contribution >= 0.6 is 11.3 Å². The maximum Gasteiger partial charge on any atom is 0.246 e. The summed E-state index contributed by atoms with van der Waals surface area (Å²) in [5.41, 5.74) is 9.09. The summed E-state index contributed by atoms with van der Waals surface area (Å²) in [5.74, 6) is 6.57. The number of nitrogen functional groups attached to an aromatic ring is 1. The molecule has 4 aromatic rings. The first kappa shape index (κ1) is 19.2. The zero-order valence-electron chi connectivity index (χ0n) is 16.9. The van der Waals surface area contributed by atoms with Crippen LogP contribution in [0.2, 0.25) is 0 Å². The number of aryl methyl sites for hydroxylation is 1. The Kier molecular flexibility index (Phi) is 4.64. The van der Waals surface area contributed by atoms with Crippen LogP contribution in [-0.4, -0.2) is 48.6 Å². The van der Waals surface area contributed by atoms with Crippen molar-refractivity contribution in [2.45, 2.75) is 19.4 Å². The van der Waals surface area contributed by atoms with Crippen molar-refractivity contribution in [2.24, 2.45) is 0 Å². The third-order valence-electron chi connectivity index (χ3n) is 5.33. The van der Waals surface area contributed by atoms with Gasteiger partial charge in [-0.3, -0.25) is 4.79 Å². The first-order chi connectivity index (χ1) is 15.0. The molecule has 1 saturated heterocycles. The monoisotopic (exact) mass is 429 g/mol. The fourth-order valence-corrected chi connectivity index (χ4v) is 4.67. The molecule has 0 bridgehead atoms. The van der Waals surface area contributed by atoms with E-state index in [1.165, 1.54) is 12.4 Å². The highest BCUT2D eigenvalue weighted by Gasteiger charge is 2.29. The highest BCUT2D eigenvalue weighted by Crippen LogP contribution is 2.28. The molecule has 154 valence electrons. The quantitative estimate of drug-likeness (QED) is 0.388. The van der Waals surface area contributed by atoms with Crippen LogP contribution in [0.5, 0.6) is 0 Å². The van der Waals surface area contributed by atoms with Gasteiger partial charge in [-0.05, 0) is 43.5 Å². The molecule has 1 unspecified atom stereocenters. The number of nitrogens with two attached hydrogens (primary N) is 1. The number of rotatable bonds is 2. The van der Waals surface area contributed by atoms with E-state index in [9.17, 15) is 4.79 Å². The first-order valence-electron chi connectivity index (χ1n) is 9.82. The maximum absolute atomic E-state index is 12.0. The molecule has 1 aliphatic heterocycles. The second kappa shape index (κ2) is 7.49. The standard InChI is InChI=1S/C22H19N7OS/c1-3-19(30)28-9-8-15(11-28)29-22-20(21(23)24-12-25-22)16(27-29)6-4-14-5-7-18-17(10-14)26-13(2)31-18/h3,5,7,10,12,15H,1,8-9,11H2,2H3,(H2,23,24,25). The Morgan fingerprint density at radius 2 is 2.23 bits per heavy atom. The Morgan fingerprint density at radius 3 is 3.06 bits per heavy atom. The number of nitrogens with zero attached hydrogens (tertiary/aromatic N) is 6. The van der Waals surface area contributed by atoms with Crippen LogP contribution < -0.4 is 5.73 Å². The number of aromatic nitrogens is 5. The van der Waals surface area contributed by atoms with Crippen LogP contribution in [0.1, 0.15) is 28.7 Å². The maximum atomic E-state index is 12.0. The topological polar surface area (TPSA) is 103 Å². The van der Waals surface area contributed by atoms with Gasteiger partial charge in [0.05, 0.1) is 26.7 Å². The minimum atomic E-state index is -0.0826. The van der Waals surface area contributed by atoms with Crippen LogP contribution in [0.3, 0.4) is 0 Å². The molecule has 0 aliphatic carbocycles. The molecule has 1 aromatic carbocycles. The molecule has 4 heterocycles. The number of benzene rings is 1. The molecular formula is C22H19N7OS. The first-order valence-corrected chi connectivity index (χ1v) is 10.6. The van der Waals surface area contributed by atoms with Crippen LogP contribution in [0, 0.1) is 18.8 Å². The van der Waals surface area contributed by atoms with Gasteiger partial charge in [0.1, 0.15) is 17.8 Å². The minimum Gasteiger partial charge on any atom is -0.383 e. The largest absolute Gasteiger partial charge is 0.383 e. The Labute approximate surface area is 182 Å². The average Bonchev–Trinajstić information content (AvgIpc) is 3.47. The molecule has 31 heavy (non-hydrogen) atoms. The van der Waals surface area contributed by atoms with Crippen LogP contribution in [0.4, 0.5) is 5.82 Å². The lowest BCUT2D eigenvalue weighted by molar-refractivity contribution is -0.125. The van der Waals surface area contributed by atoms with Crippen molar-refractivity contribution in [3.63, 3.8) is 0 Å². The molecule has 0 radical (unpaired) electrons. The van der Waals surface area contributed by atoms with Crippen molar-refractivity contribution in [1.82, 2.24) is 29.6 Å². The second-order valence-electron chi connectivity index (χ2n) is 7.35. The van der Waals surface area contributed by atoms with Gasteiger partial charge in [-0.1, -0.05) is 12.5 Å².